The van der Waals surface area contributed by atoms with Gasteiger partial charge in [0.15, 0.2) is 0 Å². The molecule has 0 saturated carbocycles. The maximum atomic E-state index is 14.4. The van der Waals surface area contributed by atoms with Gasteiger partial charge in [-0.2, -0.15) is 0 Å². The van der Waals surface area contributed by atoms with Gasteiger partial charge in [0.05, 0.1) is 11.6 Å². The van der Waals surface area contributed by atoms with Gasteiger partial charge in [0.1, 0.15) is 17.0 Å². The molecule has 2 aromatic rings. The van der Waals surface area contributed by atoms with Crippen molar-refractivity contribution in [2.75, 3.05) is 13.1 Å². The fourth-order valence-electron chi connectivity index (χ4n) is 5.51. The molecule has 4 rings (SSSR count). The van der Waals surface area contributed by atoms with Crippen LogP contribution in [-0.2, 0) is 9.53 Å². The highest BCUT2D eigenvalue weighted by Gasteiger charge is 2.52. The monoisotopic (exact) mass is 615 g/mol. The summed E-state index contributed by atoms with van der Waals surface area (Å²) in [5.74, 6) is -1.26. The number of likely N-dealkylation sites (tertiary alicyclic amines) is 1. The summed E-state index contributed by atoms with van der Waals surface area (Å²) < 4.78 is 5.61. The quantitative estimate of drug-likeness (QED) is 0.360. The lowest BCUT2D eigenvalue weighted by molar-refractivity contribution is -0.133. The standard InChI is InChI=1S/C32H39Cl2N3O5/c1-30(2,3)12-11-25(20-7-9-21(10-8-20)28(39)40)37-27(38)26(22-17-23(33)19-24(34)18-22)35-32(37)13-15-36(16-14-32)29(41)42-31(4,5)6/h7-10,17-19,25H,11-16H2,1-6H3,(H,39,40)/t25-/m1/s1. The SMILES string of the molecule is CC(C)(C)CC[C@H](c1ccc(C(=O)O)cc1)N1C(=O)C(c2cc(Cl)cc(Cl)c2)=NC12CCN(C(=O)OC(C)(C)C)CC2. The second-order valence-electron chi connectivity index (χ2n) is 13.3. The Bertz CT molecular complexity index is 1360. The number of carbonyl (C=O) groups excluding carboxylic acids is 2. The second-order valence-corrected chi connectivity index (χ2v) is 14.2. The smallest absolute Gasteiger partial charge is 0.410 e. The third-order valence-electron chi connectivity index (χ3n) is 7.56. The molecule has 1 atom stereocenters. The number of carbonyl (C=O) groups is 3. The van der Waals surface area contributed by atoms with Crippen molar-refractivity contribution in [1.29, 1.82) is 0 Å². The third kappa shape index (κ3) is 7.27. The van der Waals surface area contributed by atoms with E-state index in [2.05, 4.69) is 20.8 Å². The molecule has 0 unspecified atom stereocenters. The summed E-state index contributed by atoms with van der Waals surface area (Å²) in [7, 11) is 0. The molecule has 1 saturated heterocycles. The van der Waals surface area contributed by atoms with E-state index in [9.17, 15) is 19.5 Å². The van der Waals surface area contributed by atoms with Crippen molar-refractivity contribution in [3.05, 3.63) is 69.2 Å². The molecule has 2 aliphatic heterocycles. The third-order valence-corrected chi connectivity index (χ3v) is 8.00. The first-order chi connectivity index (χ1) is 19.5. The van der Waals surface area contributed by atoms with Gasteiger partial charge in [-0.15, -0.1) is 0 Å². The summed E-state index contributed by atoms with van der Waals surface area (Å²) >= 11 is 12.6. The fourth-order valence-corrected chi connectivity index (χ4v) is 6.04. The van der Waals surface area contributed by atoms with Gasteiger partial charge in [0, 0.05) is 41.5 Å². The van der Waals surface area contributed by atoms with Gasteiger partial charge in [0.2, 0.25) is 0 Å². The molecule has 226 valence electrons. The van der Waals surface area contributed by atoms with E-state index in [-0.39, 0.29) is 28.6 Å². The van der Waals surface area contributed by atoms with Crippen LogP contribution in [0, 0.1) is 5.41 Å². The predicted molar refractivity (Wildman–Crippen MR) is 164 cm³/mol. The molecule has 0 aliphatic carbocycles. The van der Waals surface area contributed by atoms with Crippen molar-refractivity contribution in [2.45, 2.75) is 84.5 Å². The summed E-state index contributed by atoms with van der Waals surface area (Å²) in [6.45, 7) is 12.6. The first-order valence-electron chi connectivity index (χ1n) is 14.2. The number of hydrogen-bond acceptors (Lipinski definition) is 5. The van der Waals surface area contributed by atoms with Crippen molar-refractivity contribution in [3.8, 4) is 0 Å². The summed E-state index contributed by atoms with van der Waals surface area (Å²) in [6, 6.07) is 11.3. The van der Waals surface area contributed by atoms with E-state index in [4.69, 9.17) is 32.9 Å². The van der Waals surface area contributed by atoms with Crippen LogP contribution in [0.4, 0.5) is 4.79 Å². The highest BCUT2D eigenvalue weighted by atomic mass is 35.5. The van der Waals surface area contributed by atoms with Crippen LogP contribution in [0.15, 0.2) is 47.5 Å². The van der Waals surface area contributed by atoms with Crippen LogP contribution in [0.25, 0.3) is 0 Å². The Morgan fingerprint density at radius 2 is 1.57 bits per heavy atom. The van der Waals surface area contributed by atoms with E-state index in [1.807, 2.05) is 25.7 Å². The van der Waals surface area contributed by atoms with E-state index in [0.717, 1.165) is 12.0 Å². The van der Waals surface area contributed by atoms with Gasteiger partial charge >= 0.3 is 12.1 Å². The number of rotatable bonds is 6. The molecular formula is C32H39Cl2N3O5. The number of halogens is 2. The normalized spacial score (nSPS) is 17.8. The maximum Gasteiger partial charge on any atom is 0.410 e. The summed E-state index contributed by atoms with van der Waals surface area (Å²) in [4.78, 5) is 47.5. The molecule has 2 heterocycles. The van der Waals surface area contributed by atoms with Gasteiger partial charge in [-0.05, 0) is 74.9 Å². The number of hydrogen-bond donors (Lipinski definition) is 1. The Labute approximate surface area is 257 Å². The first-order valence-corrected chi connectivity index (χ1v) is 14.9. The molecule has 2 amide bonds. The minimum absolute atomic E-state index is 0.0144. The molecular weight excluding hydrogens is 577 g/mol. The van der Waals surface area contributed by atoms with Crippen molar-refractivity contribution in [1.82, 2.24) is 9.80 Å². The van der Waals surface area contributed by atoms with Gasteiger partial charge in [0.25, 0.3) is 5.91 Å². The van der Waals surface area contributed by atoms with Crippen LogP contribution >= 0.6 is 23.2 Å². The van der Waals surface area contributed by atoms with Crippen molar-refractivity contribution < 1.29 is 24.2 Å². The number of piperidine rings is 1. The molecule has 1 N–H and O–H groups in total. The minimum Gasteiger partial charge on any atom is -0.478 e. The molecule has 0 aromatic heterocycles. The molecule has 1 spiro atoms. The average molecular weight is 617 g/mol. The molecule has 0 bridgehead atoms. The Balaban J connectivity index is 1.78. The second kappa shape index (κ2) is 11.9. The van der Waals surface area contributed by atoms with Gasteiger partial charge in [-0.3, -0.25) is 9.79 Å². The molecule has 1 fully saturated rings. The Morgan fingerprint density at radius 1 is 1.00 bits per heavy atom. The average Bonchev–Trinajstić information content (AvgIpc) is 3.14. The van der Waals surface area contributed by atoms with Crippen molar-refractivity contribution >= 4 is 46.9 Å². The van der Waals surface area contributed by atoms with E-state index >= 15 is 0 Å². The number of amides is 2. The molecule has 2 aromatic carbocycles. The molecule has 8 nitrogen and oxygen atoms in total. The predicted octanol–water partition coefficient (Wildman–Crippen LogP) is 7.62. The van der Waals surface area contributed by atoms with Gasteiger partial charge in [-0.25, -0.2) is 9.59 Å². The largest absolute Gasteiger partial charge is 0.478 e. The summed E-state index contributed by atoms with van der Waals surface area (Å²) in [5, 5.41) is 10.3. The topological polar surface area (TPSA) is 99.5 Å². The molecule has 0 radical (unpaired) electrons. The lowest BCUT2D eigenvalue weighted by atomic mass is 9.84. The number of carboxylic acids is 1. The highest BCUT2D eigenvalue weighted by molar-refractivity contribution is 6.47. The number of aliphatic imine (C=N–C) groups is 1. The van der Waals surface area contributed by atoms with Crippen LogP contribution in [-0.4, -0.2) is 62.9 Å². The number of carboxylic acid groups (broad SMARTS) is 1. The number of nitrogens with zero attached hydrogens (tertiary/aromatic N) is 3. The fraction of sp³-hybridized carbons (Fsp3) is 0.500. The van der Waals surface area contributed by atoms with Crippen LogP contribution in [0.3, 0.4) is 0 Å². The number of benzene rings is 2. The van der Waals surface area contributed by atoms with E-state index < -0.39 is 23.3 Å². The van der Waals surface area contributed by atoms with Crippen LogP contribution in [0.5, 0.6) is 0 Å². The van der Waals surface area contributed by atoms with E-state index in [1.165, 1.54) is 0 Å². The van der Waals surface area contributed by atoms with Crippen molar-refractivity contribution in [2.24, 2.45) is 10.4 Å². The van der Waals surface area contributed by atoms with Gasteiger partial charge < -0.3 is 19.6 Å². The van der Waals surface area contributed by atoms with Crippen molar-refractivity contribution in [3.63, 3.8) is 0 Å². The zero-order valence-corrected chi connectivity index (χ0v) is 26.6. The summed E-state index contributed by atoms with van der Waals surface area (Å²) in [6.07, 6.45) is 1.87. The molecule has 2 aliphatic rings. The first kappa shape index (κ1) is 31.8. The van der Waals surface area contributed by atoms with Crippen LogP contribution in [0.2, 0.25) is 10.0 Å². The molecule has 10 heteroatoms. The Hall–Kier alpha value is -3.10. The summed E-state index contributed by atoms with van der Waals surface area (Å²) in [5.41, 5.74) is 0.239. The highest BCUT2D eigenvalue weighted by Crippen LogP contribution is 2.45. The lowest BCUT2D eigenvalue weighted by Gasteiger charge is -2.46. The Kier molecular flexibility index (Phi) is 9.00. The minimum atomic E-state index is -1.01. The van der Waals surface area contributed by atoms with E-state index in [1.54, 1.807) is 47.4 Å². The zero-order chi connectivity index (χ0) is 31.0. The van der Waals surface area contributed by atoms with Gasteiger partial charge in [-0.1, -0.05) is 56.1 Å². The molecule has 42 heavy (non-hydrogen) atoms. The number of ether oxygens (including phenoxy) is 1. The zero-order valence-electron chi connectivity index (χ0n) is 25.0. The van der Waals surface area contributed by atoms with E-state index in [0.29, 0.717) is 48.0 Å². The van der Waals surface area contributed by atoms with Crippen LogP contribution < -0.4 is 0 Å². The lowest BCUT2D eigenvalue weighted by Crippen LogP contribution is -2.56. The van der Waals surface area contributed by atoms with Crippen LogP contribution in [0.1, 0.15) is 94.8 Å². The number of aromatic carboxylic acids is 1. The maximum absolute atomic E-state index is 14.4. The Morgan fingerprint density at radius 3 is 2.07 bits per heavy atom.